The zero-order valence-electron chi connectivity index (χ0n) is 8.22. The normalized spacial score (nSPS) is 19.3. The van der Waals surface area contributed by atoms with E-state index >= 15 is 0 Å². The first-order valence-electron chi connectivity index (χ1n) is 5.03. The van der Waals surface area contributed by atoms with Gasteiger partial charge in [0.25, 0.3) is 0 Å². The second kappa shape index (κ2) is 3.21. The van der Waals surface area contributed by atoms with Crippen LogP contribution in [0.2, 0.25) is 0 Å². The van der Waals surface area contributed by atoms with E-state index in [0.29, 0.717) is 6.10 Å². The average molecular weight is 201 g/mol. The third-order valence-corrected chi connectivity index (χ3v) is 2.75. The van der Waals surface area contributed by atoms with Crippen molar-refractivity contribution in [3.63, 3.8) is 0 Å². The molecule has 0 aliphatic carbocycles. The van der Waals surface area contributed by atoms with Crippen molar-refractivity contribution >= 4 is 17.2 Å². The summed E-state index contributed by atoms with van der Waals surface area (Å²) < 4.78 is 7.29. The zero-order chi connectivity index (χ0) is 10.3. The maximum atomic E-state index is 10.9. The number of aromatic nitrogens is 1. The summed E-state index contributed by atoms with van der Waals surface area (Å²) in [7, 11) is 0. The summed E-state index contributed by atoms with van der Waals surface area (Å²) in [6, 6.07) is 7.95. The highest BCUT2D eigenvalue weighted by molar-refractivity contribution is 5.97. The number of hydrogen-bond donors (Lipinski definition) is 0. The highest BCUT2D eigenvalue weighted by Crippen LogP contribution is 2.22. The molecule has 0 N–H and O–H groups in total. The Bertz CT molecular complexity index is 511. The molecule has 2 aromatic rings. The molecule has 1 saturated heterocycles. The molecule has 3 rings (SSSR count). The smallest absolute Gasteiger partial charge is 0.152 e. The quantitative estimate of drug-likeness (QED) is 0.561. The minimum atomic E-state index is 0.334. The molecule has 0 saturated carbocycles. The van der Waals surface area contributed by atoms with Gasteiger partial charge in [0.05, 0.1) is 19.3 Å². The lowest BCUT2D eigenvalue weighted by atomic mass is 10.2. The summed E-state index contributed by atoms with van der Waals surface area (Å²) in [6.07, 6.45) is 3.15. The van der Waals surface area contributed by atoms with Gasteiger partial charge in [0.1, 0.15) is 0 Å². The van der Waals surface area contributed by atoms with E-state index in [1.165, 1.54) is 0 Å². The van der Waals surface area contributed by atoms with Crippen LogP contribution in [0.15, 0.2) is 30.5 Å². The molecular formula is C12H11NO2. The molecule has 3 nitrogen and oxygen atoms in total. The van der Waals surface area contributed by atoms with Crippen LogP contribution in [0.4, 0.5) is 0 Å². The SMILES string of the molecule is O=Cc1cn(C[C@H]2CO2)c2ccccc12. The van der Waals surface area contributed by atoms with Crippen molar-refractivity contribution in [3.8, 4) is 0 Å². The topological polar surface area (TPSA) is 34.5 Å². The van der Waals surface area contributed by atoms with E-state index < -0.39 is 0 Å². The Morgan fingerprint density at radius 3 is 3.00 bits per heavy atom. The molecule has 1 atom stereocenters. The van der Waals surface area contributed by atoms with Gasteiger partial charge in [0.2, 0.25) is 0 Å². The predicted octanol–water partition coefficient (Wildman–Crippen LogP) is 1.85. The van der Waals surface area contributed by atoms with Crippen molar-refractivity contribution in [1.82, 2.24) is 4.57 Å². The van der Waals surface area contributed by atoms with Gasteiger partial charge in [0.15, 0.2) is 6.29 Å². The molecule has 0 bridgehead atoms. The molecule has 1 aromatic heterocycles. The van der Waals surface area contributed by atoms with Crippen LogP contribution in [0, 0.1) is 0 Å². The lowest BCUT2D eigenvalue weighted by Crippen LogP contribution is -2.01. The van der Waals surface area contributed by atoms with E-state index in [0.717, 1.165) is 35.9 Å². The maximum Gasteiger partial charge on any atom is 0.152 e. The number of hydrogen-bond acceptors (Lipinski definition) is 2. The van der Waals surface area contributed by atoms with Crippen molar-refractivity contribution in [2.75, 3.05) is 6.61 Å². The van der Waals surface area contributed by atoms with E-state index in [-0.39, 0.29) is 0 Å². The third kappa shape index (κ3) is 1.45. The second-order valence-corrected chi connectivity index (χ2v) is 3.83. The Balaban J connectivity index is 2.15. The Hall–Kier alpha value is -1.61. The molecule has 2 heterocycles. The summed E-state index contributed by atoms with van der Waals surface area (Å²) in [5, 5.41) is 1.02. The number of ether oxygens (including phenoxy) is 1. The average Bonchev–Trinajstić information content (AvgIpc) is 3.01. The van der Waals surface area contributed by atoms with Gasteiger partial charge < -0.3 is 9.30 Å². The molecule has 1 fully saturated rings. The number of nitrogens with zero attached hydrogens (tertiary/aromatic N) is 1. The molecule has 1 aliphatic rings. The van der Waals surface area contributed by atoms with Crippen molar-refractivity contribution in [3.05, 3.63) is 36.0 Å². The number of fused-ring (bicyclic) bond motifs is 1. The number of carbonyl (C=O) groups excluding carboxylic acids is 1. The summed E-state index contributed by atoms with van der Waals surface area (Å²) in [6.45, 7) is 1.68. The van der Waals surface area contributed by atoms with Crippen LogP contribution < -0.4 is 0 Å². The van der Waals surface area contributed by atoms with Crippen molar-refractivity contribution in [2.45, 2.75) is 12.6 Å². The van der Waals surface area contributed by atoms with E-state index in [9.17, 15) is 4.79 Å². The van der Waals surface area contributed by atoms with E-state index in [1.54, 1.807) is 0 Å². The number of para-hydroxylation sites is 1. The summed E-state index contributed by atoms with van der Waals surface area (Å²) >= 11 is 0. The summed E-state index contributed by atoms with van der Waals surface area (Å²) in [4.78, 5) is 10.9. The standard InChI is InChI=1S/C12H11NO2/c14-7-9-5-13(6-10-8-15-10)12-4-2-1-3-11(9)12/h1-5,7,10H,6,8H2/t10-/m0/s1. The van der Waals surface area contributed by atoms with E-state index in [4.69, 9.17) is 4.74 Å². The van der Waals surface area contributed by atoms with Crippen LogP contribution in [-0.4, -0.2) is 23.6 Å². The monoisotopic (exact) mass is 201 g/mol. The van der Waals surface area contributed by atoms with Crippen molar-refractivity contribution in [2.24, 2.45) is 0 Å². The van der Waals surface area contributed by atoms with Gasteiger partial charge in [-0.05, 0) is 6.07 Å². The van der Waals surface area contributed by atoms with Crippen molar-refractivity contribution in [1.29, 1.82) is 0 Å². The lowest BCUT2D eigenvalue weighted by molar-refractivity contribution is 0.112. The van der Waals surface area contributed by atoms with Crippen LogP contribution in [0.1, 0.15) is 10.4 Å². The Morgan fingerprint density at radius 2 is 2.27 bits per heavy atom. The number of epoxide rings is 1. The zero-order valence-corrected chi connectivity index (χ0v) is 8.22. The summed E-state index contributed by atoms with van der Waals surface area (Å²) in [5.41, 5.74) is 1.86. The molecule has 1 aliphatic heterocycles. The van der Waals surface area contributed by atoms with Gasteiger partial charge in [-0.1, -0.05) is 18.2 Å². The Kier molecular flexibility index (Phi) is 1.86. The highest BCUT2D eigenvalue weighted by atomic mass is 16.6. The second-order valence-electron chi connectivity index (χ2n) is 3.83. The molecule has 15 heavy (non-hydrogen) atoms. The van der Waals surface area contributed by atoms with E-state index in [2.05, 4.69) is 4.57 Å². The van der Waals surface area contributed by atoms with Crippen LogP contribution in [0.3, 0.4) is 0 Å². The van der Waals surface area contributed by atoms with Gasteiger partial charge in [-0.15, -0.1) is 0 Å². The summed E-state index contributed by atoms with van der Waals surface area (Å²) in [5.74, 6) is 0. The molecular weight excluding hydrogens is 190 g/mol. The van der Waals surface area contributed by atoms with Crippen LogP contribution in [-0.2, 0) is 11.3 Å². The number of rotatable bonds is 3. The van der Waals surface area contributed by atoms with Gasteiger partial charge >= 0.3 is 0 Å². The minimum absolute atomic E-state index is 0.334. The van der Waals surface area contributed by atoms with Gasteiger partial charge in [0, 0.05) is 22.7 Å². The fourth-order valence-corrected chi connectivity index (χ4v) is 1.91. The van der Waals surface area contributed by atoms with Crippen LogP contribution >= 0.6 is 0 Å². The molecule has 0 unspecified atom stereocenters. The van der Waals surface area contributed by atoms with Gasteiger partial charge in [-0.3, -0.25) is 4.79 Å². The Labute approximate surface area is 87.3 Å². The van der Waals surface area contributed by atoms with Crippen molar-refractivity contribution < 1.29 is 9.53 Å². The molecule has 0 amide bonds. The molecule has 0 spiro atoms. The molecule has 3 heteroatoms. The largest absolute Gasteiger partial charge is 0.371 e. The maximum absolute atomic E-state index is 10.9. The number of aldehydes is 1. The third-order valence-electron chi connectivity index (χ3n) is 2.75. The van der Waals surface area contributed by atoms with Gasteiger partial charge in [-0.2, -0.15) is 0 Å². The highest BCUT2D eigenvalue weighted by Gasteiger charge is 2.23. The Morgan fingerprint density at radius 1 is 1.47 bits per heavy atom. The van der Waals surface area contributed by atoms with Crippen LogP contribution in [0.5, 0.6) is 0 Å². The van der Waals surface area contributed by atoms with Gasteiger partial charge in [-0.25, -0.2) is 0 Å². The minimum Gasteiger partial charge on any atom is -0.371 e. The van der Waals surface area contributed by atoms with Crippen LogP contribution in [0.25, 0.3) is 10.9 Å². The first-order chi connectivity index (χ1) is 7.38. The molecule has 1 aromatic carbocycles. The fourth-order valence-electron chi connectivity index (χ4n) is 1.91. The molecule has 76 valence electrons. The lowest BCUT2D eigenvalue weighted by Gasteiger charge is -2.00. The first-order valence-corrected chi connectivity index (χ1v) is 5.03. The molecule has 0 radical (unpaired) electrons. The first kappa shape index (κ1) is 8.68. The number of benzene rings is 1. The fraction of sp³-hybridized carbons (Fsp3) is 0.250. The predicted molar refractivity (Wildman–Crippen MR) is 57.1 cm³/mol. The number of carbonyl (C=O) groups is 1. The van der Waals surface area contributed by atoms with E-state index in [1.807, 2.05) is 30.5 Å².